The zero-order chi connectivity index (χ0) is 16.9. The van der Waals surface area contributed by atoms with E-state index in [-0.39, 0.29) is 23.8 Å². The second-order valence-electron chi connectivity index (χ2n) is 5.93. The number of carbonyl (C=O) groups excluding carboxylic acids is 1. The van der Waals surface area contributed by atoms with E-state index in [1.165, 1.54) is 0 Å². The Kier molecular flexibility index (Phi) is 5.27. The average molecular weight is 330 g/mol. The van der Waals surface area contributed by atoms with Crippen LogP contribution in [0.1, 0.15) is 34.1 Å². The van der Waals surface area contributed by atoms with Gasteiger partial charge in [-0.15, -0.1) is 0 Å². The highest BCUT2D eigenvalue weighted by Gasteiger charge is 2.29. The van der Waals surface area contributed by atoms with Gasteiger partial charge in [0.15, 0.2) is 5.89 Å². The van der Waals surface area contributed by atoms with Gasteiger partial charge in [-0.2, -0.15) is 0 Å². The summed E-state index contributed by atoms with van der Waals surface area (Å²) in [5.74, 6) is 0.496. The van der Waals surface area contributed by atoms with Crippen LogP contribution in [0.5, 0.6) is 0 Å². The highest BCUT2D eigenvalue weighted by molar-refractivity contribution is 5.92. The van der Waals surface area contributed by atoms with Crippen molar-refractivity contribution in [2.45, 2.75) is 39.0 Å². The van der Waals surface area contributed by atoms with E-state index in [9.17, 15) is 4.79 Å². The number of carbonyl (C=O) groups is 1. The first-order valence-electron chi connectivity index (χ1n) is 8.11. The molecule has 2 atom stereocenters. The summed E-state index contributed by atoms with van der Waals surface area (Å²) in [6, 6.07) is 9.84. The standard InChI is InChI=1S/C18H22N2O4/c1-12-17(24-13(2)19-12)18(21)20-15-8-9-22-11-16(15)23-10-14-6-4-3-5-7-14/h3-7,15-16H,8-11H2,1-2H3,(H,20,21)/t15-,16-/m1/s1. The van der Waals surface area contributed by atoms with Crippen LogP contribution in [0.15, 0.2) is 34.7 Å². The summed E-state index contributed by atoms with van der Waals surface area (Å²) < 4.78 is 16.9. The molecule has 6 heteroatoms. The van der Waals surface area contributed by atoms with Crippen molar-refractivity contribution in [1.82, 2.24) is 10.3 Å². The van der Waals surface area contributed by atoms with E-state index in [0.29, 0.717) is 37.8 Å². The van der Waals surface area contributed by atoms with Crippen molar-refractivity contribution < 1.29 is 18.7 Å². The molecule has 2 heterocycles. The predicted octanol–water partition coefficient (Wildman–Crippen LogP) is 2.40. The van der Waals surface area contributed by atoms with Gasteiger partial charge in [0.25, 0.3) is 5.91 Å². The molecule has 0 unspecified atom stereocenters. The van der Waals surface area contributed by atoms with Crippen molar-refractivity contribution in [3.63, 3.8) is 0 Å². The molecule has 0 radical (unpaired) electrons. The maximum absolute atomic E-state index is 12.4. The summed E-state index contributed by atoms with van der Waals surface area (Å²) in [4.78, 5) is 16.6. The van der Waals surface area contributed by atoms with E-state index in [1.54, 1.807) is 13.8 Å². The van der Waals surface area contributed by atoms with Crippen LogP contribution >= 0.6 is 0 Å². The van der Waals surface area contributed by atoms with Gasteiger partial charge < -0.3 is 19.2 Å². The first-order chi connectivity index (χ1) is 11.6. The molecule has 0 bridgehead atoms. The first kappa shape index (κ1) is 16.7. The van der Waals surface area contributed by atoms with Gasteiger partial charge in [-0.25, -0.2) is 4.98 Å². The minimum atomic E-state index is -0.256. The fourth-order valence-corrected chi connectivity index (χ4v) is 2.79. The number of aromatic nitrogens is 1. The molecule has 1 aromatic carbocycles. The summed E-state index contributed by atoms with van der Waals surface area (Å²) in [7, 11) is 0. The Morgan fingerprint density at radius 2 is 2.12 bits per heavy atom. The molecule has 6 nitrogen and oxygen atoms in total. The number of hydrogen-bond acceptors (Lipinski definition) is 5. The van der Waals surface area contributed by atoms with Gasteiger partial charge in [-0.1, -0.05) is 30.3 Å². The van der Waals surface area contributed by atoms with E-state index in [0.717, 1.165) is 5.56 Å². The fourth-order valence-electron chi connectivity index (χ4n) is 2.79. The minimum absolute atomic E-state index is 0.111. The first-order valence-corrected chi connectivity index (χ1v) is 8.11. The highest BCUT2D eigenvalue weighted by Crippen LogP contribution is 2.16. The SMILES string of the molecule is Cc1nc(C)c(C(=O)N[C@@H]2CCOC[C@H]2OCc2ccccc2)o1. The molecule has 2 aromatic rings. The van der Waals surface area contributed by atoms with Crippen molar-refractivity contribution in [2.75, 3.05) is 13.2 Å². The van der Waals surface area contributed by atoms with E-state index in [4.69, 9.17) is 13.9 Å². The molecule has 24 heavy (non-hydrogen) atoms. The zero-order valence-electron chi connectivity index (χ0n) is 14.0. The van der Waals surface area contributed by atoms with E-state index in [1.807, 2.05) is 30.3 Å². The second-order valence-corrected chi connectivity index (χ2v) is 5.93. The molecule has 1 aromatic heterocycles. The number of nitrogens with zero attached hydrogens (tertiary/aromatic N) is 1. The lowest BCUT2D eigenvalue weighted by molar-refractivity contribution is -0.0737. The van der Waals surface area contributed by atoms with Gasteiger partial charge >= 0.3 is 0 Å². The topological polar surface area (TPSA) is 73.6 Å². The molecule has 1 saturated heterocycles. The van der Waals surface area contributed by atoms with Crippen LogP contribution < -0.4 is 5.32 Å². The third-order valence-corrected chi connectivity index (χ3v) is 4.04. The van der Waals surface area contributed by atoms with Crippen molar-refractivity contribution in [3.8, 4) is 0 Å². The molecule has 1 aliphatic heterocycles. The largest absolute Gasteiger partial charge is 0.436 e. The Morgan fingerprint density at radius 1 is 1.33 bits per heavy atom. The smallest absolute Gasteiger partial charge is 0.289 e. The normalized spacial score (nSPS) is 20.8. The predicted molar refractivity (Wildman–Crippen MR) is 87.7 cm³/mol. The molecule has 1 fully saturated rings. The number of nitrogens with one attached hydrogen (secondary N) is 1. The van der Waals surface area contributed by atoms with Crippen LogP contribution in [0, 0.1) is 13.8 Å². The molecule has 128 valence electrons. The van der Waals surface area contributed by atoms with Crippen molar-refractivity contribution >= 4 is 5.91 Å². The Balaban J connectivity index is 1.61. The summed E-state index contributed by atoms with van der Waals surface area (Å²) in [6.07, 6.45) is 0.518. The van der Waals surface area contributed by atoms with Crippen LogP contribution in [0.4, 0.5) is 0 Å². The molecule has 3 rings (SSSR count). The van der Waals surface area contributed by atoms with Crippen LogP contribution in [-0.2, 0) is 16.1 Å². The monoisotopic (exact) mass is 330 g/mol. The van der Waals surface area contributed by atoms with Gasteiger partial charge in [0, 0.05) is 13.5 Å². The fraction of sp³-hybridized carbons (Fsp3) is 0.444. The van der Waals surface area contributed by atoms with Crippen molar-refractivity contribution in [3.05, 3.63) is 53.2 Å². The summed E-state index contributed by atoms with van der Waals surface area (Å²) in [5, 5.41) is 3.00. The van der Waals surface area contributed by atoms with E-state index < -0.39 is 0 Å². The molecule has 0 saturated carbocycles. The molecule has 1 aliphatic rings. The molecule has 1 amide bonds. The number of ether oxygens (including phenoxy) is 2. The second kappa shape index (κ2) is 7.59. The number of oxazole rings is 1. The quantitative estimate of drug-likeness (QED) is 0.911. The number of hydrogen-bond donors (Lipinski definition) is 1. The Bertz CT molecular complexity index is 684. The zero-order valence-corrected chi connectivity index (χ0v) is 14.0. The Morgan fingerprint density at radius 3 is 2.83 bits per heavy atom. The van der Waals surface area contributed by atoms with Crippen LogP contribution in [0.3, 0.4) is 0 Å². The maximum Gasteiger partial charge on any atom is 0.289 e. The highest BCUT2D eigenvalue weighted by atomic mass is 16.5. The van der Waals surface area contributed by atoms with E-state index in [2.05, 4.69) is 10.3 Å². The van der Waals surface area contributed by atoms with E-state index >= 15 is 0 Å². The lowest BCUT2D eigenvalue weighted by atomic mass is 10.1. The third kappa shape index (κ3) is 4.01. The van der Waals surface area contributed by atoms with Gasteiger partial charge in [0.1, 0.15) is 6.10 Å². The maximum atomic E-state index is 12.4. The van der Waals surface area contributed by atoms with Gasteiger partial charge in [-0.3, -0.25) is 4.79 Å². The third-order valence-electron chi connectivity index (χ3n) is 4.04. The number of benzene rings is 1. The Labute approximate surface area is 141 Å². The van der Waals surface area contributed by atoms with Crippen LogP contribution in [-0.4, -0.2) is 36.3 Å². The van der Waals surface area contributed by atoms with Gasteiger partial charge in [0.05, 0.1) is 24.9 Å². The summed E-state index contributed by atoms with van der Waals surface area (Å²) in [5.41, 5.74) is 1.69. The number of rotatable bonds is 5. The molecule has 0 spiro atoms. The number of amides is 1. The molecule has 0 aliphatic carbocycles. The summed E-state index contributed by atoms with van der Waals surface area (Å²) in [6.45, 7) is 5.04. The molecular formula is C18H22N2O4. The average Bonchev–Trinajstić information content (AvgIpc) is 2.93. The van der Waals surface area contributed by atoms with Crippen LogP contribution in [0.25, 0.3) is 0 Å². The lowest BCUT2D eigenvalue weighted by Gasteiger charge is -2.31. The minimum Gasteiger partial charge on any atom is -0.436 e. The van der Waals surface area contributed by atoms with Gasteiger partial charge in [-0.05, 0) is 18.9 Å². The van der Waals surface area contributed by atoms with Crippen molar-refractivity contribution in [2.24, 2.45) is 0 Å². The van der Waals surface area contributed by atoms with Crippen molar-refractivity contribution in [1.29, 1.82) is 0 Å². The van der Waals surface area contributed by atoms with Crippen LogP contribution in [0.2, 0.25) is 0 Å². The number of aryl methyl sites for hydroxylation is 2. The molecular weight excluding hydrogens is 308 g/mol. The molecule has 1 N–H and O–H groups in total. The summed E-state index contributed by atoms with van der Waals surface area (Å²) >= 11 is 0. The lowest BCUT2D eigenvalue weighted by Crippen LogP contribution is -2.50. The van der Waals surface area contributed by atoms with Gasteiger partial charge in [0.2, 0.25) is 5.76 Å². The Hall–Kier alpha value is -2.18.